The van der Waals surface area contributed by atoms with Crippen LogP contribution in [0.2, 0.25) is 50.4 Å². The van der Waals surface area contributed by atoms with Gasteiger partial charge in [-0.3, -0.25) is 0 Å². The lowest BCUT2D eigenvalue weighted by atomic mass is 10.0. The fourth-order valence-electron chi connectivity index (χ4n) is 5.05. The predicted molar refractivity (Wildman–Crippen MR) is 108 cm³/mol. The van der Waals surface area contributed by atoms with E-state index in [0.29, 0.717) is 0 Å². The van der Waals surface area contributed by atoms with E-state index in [1.807, 2.05) is 0 Å². The van der Waals surface area contributed by atoms with Crippen LogP contribution in [-0.2, 0) is 8.23 Å². The van der Waals surface area contributed by atoms with Crippen LogP contribution < -0.4 is 0 Å². The maximum absolute atomic E-state index is 6.88. The normalized spacial score (nSPS) is 23.2. The van der Waals surface area contributed by atoms with Crippen molar-refractivity contribution >= 4 is 25.2 Å². The molecule has 0 spiro atoms. The second kappa shape index (κ2) is 7.85. The van der Waals surface area contributed by atoms with E-state index in [0.717, 1.165) is 11.1 Å². The predicted octanol–water partition coefficient (Wildman–Crippen LogP) is 6.80. The summed E-state index contributed by atoms with van der Waals surface area (Å²) in [6.45, 7) is 14.5. The molecule has 5 heteroatoms. The summed E-state index contributed by atoms with van der Waals surface area (Å²) in [5.74, 6) is 0. The van der Waals surface area contributed by atoms with Gasteiger partial charge < -0.3 is 8.23 Å². The summed E-state index contributed by atoms with van der Waals surface area (Å²) in [7, 11) is -5.28. The Balaban J connectivity index is 1.96. The Morgan fingerprint density at radius 2 is 0.826 bits per heavy atom. The van der Waals surface area contributed by atoms with Crippen molar-refractivity contribution in [2.45, 2.75) is 115 Å². The fraction of sp³-hybridized carbons (Fsp3) is 1.00. The van der Waals surface area contributed by atoms with Gasteiger partial charge in [-0.2, -0.15) is 0 Å². The first-order valence-electron chi connectivity index (χ1n) is 10.0. The molecule has 0 atom stereocenters. The number of rotatable bonds is 6. The van der Waals surface area contributed by atoms with Gasteiger partial charge in [-0.1, -0.05) is 64.2 Å². The highest BCUT2D eigenvalue weighted by molar-refractivity contribution is 6.88. The van der Waals surface area contributed by atoms with Gasteiger partial charge in [-0.05, 0) is 50.4 Å². The van der Waals surface area contributed by atoms with Crippen molar-refractivity contribution in [1.82, 2.24) is 0 Å². The van der Waals surface area contributed by atoms with E-state index >= 15 is 0 Å². The monoisotopic (exact) mass is 372 g/mol. The van der Waals surface area contributed by atoms with Crippen LogP contribution in [0.5, 0.6) is 0 Å². The van der Waals surface area contributed by atoms with Gasteiger partial charge in [-0.25, -0.2) is 0 Å². The Kier molecular flexibility index (Phi) is 6.79. The molecule has 2 saturated carbocycles. The molecule has 2 aliphatic rings. The number of hydrogen-bond acceptors (Lipinski definition) is 2. The Morgan fingerprint density at radius 1 is 0.522 bits per heavy atom. The summed E-state index contributed by atoms with van der Waals surface area (Å²) in [5.41, 5.74) is 1.71. The van der Waals surface area contributed by atoms with Crippen LogP contribution in [0.25, 0.3) is 0 Å². The summed E-state index contributed by atoms with van der Waals surface area (Å²) in [4.78, 5) is 0. The van der Waals surface area contributed by atoms with Crippen LogP contribution in [0, 0.1) is 0 Å². The van der Waals surface area contributed by atoms with Gasteiger partial charge in [0.25, 0.3) is 0 Å². The molecule has 0 heterocycles. The Labute approximate surface area is 148 Å². The maximum Gasteiger partial charge on any atom is 0.311 e. The SMILES string of the molecule is C[Si](C)(O[Si](C)(C)C1CCCCC1)O[Si](C)(C)C1CCCCC1. The van der Waals surface area contributed by atoms with Crippen LogP contribution >= 0.6 is 0 Å². The highest BCUT2D eigenvalue weighted by Gasteiger charge is 2.45. The van der Waals surface area contributed by atoms with Crippen molar-refractivity contribution in [2.24, 2.45) is 0 Å². The second-order valence-electron chi connectivity index (χ2n) is 9.48. The molecule has 2 rings (SSSR count). The quantitative estimate of drug-likeness (QED) is 0.477. The molecule has 0 aromatic carbocycles. The highest BCUT2D eigenvalue weighted by Crippen LogP contribution is 2.42. The molecule has 23 heavy (non-hydrogen) atoms. The van der Waals surface area contributed by atoms with Gasteiger partial charge in [0.05, 0.1) is 0 Å². The van der Waals surface area contributed by atoms with Crippen LogP contribution in [0.4, 0.5) is 0 Å². The molecule has 0 N–H and O–H groups in total. The summed E-state index contributed by atoms with van der Waals surface area (Å²) < 4.78 is 13.8. The molecule has 0 aliphatic heterocycles. The third-order valence-corrected chi connectivity index (χ3v) is 19.4. The molecular formula is C18H40O2Si3. The lowest BCUT2D eigenvalue weighted by Crippen LogP contribution is -2.55. The van der Waals surface area contributed by atoms with E-state index in [2.05, 4.69) is 39.3 Å². The molecule has 0 saturated heterocycles. The van der Waals surface area contributed by atoms with E-state index in [4.69, 9.17) is 8.23 Å². The lowest BCUT2D eigenvalue weighted by Gasteiger charge is -2.45. The molecule has 0 aromatic rings. The first kappa shape index (κ1) is 19.9. The van der Waals surface area contributed by atoms with E-state index in [1.54, 1.807) is 0 Å². The second-order valence-corrected chi connectivity index (χ2v) is 22.0. The smallest absolute Gasteiger partial charge is 0.311 e. The average molecular weight is 373 g/mol. The highest BCUT2D eigenvalue weighted by atomic mass is 28.5. The molecule has 0 bridgehead atoms. The van der Waals surface area contributed by atoms with E-state index < -0.39 is 25.2 Å². The zero-order chi connectivity index (χ0) is 17.1. The summed E-state index contributed by atoms with van der Waals surface area (Å²) in [6.07, 6.45) is 14.1. The van der Waals surface area contributed by atoms with Crippen molar-refractivity contribution in [1.29, 1.82) is 0 Å². The Bertz CT molecular complexity index is 336. The molecule has 0 unspecified atom stereocenters. The minimum atomic E-state index is -2.02. The average Bonchev–Trinajstić information content (AvgIpc) is 2.47. The first-order chi connectivity index (χ1) is 10.6. The Hall–Kier alpha value is 0.571. The fourth-order valence-corrected chi connectivity index (χ4v) is 20.7. The van der Waals surface area contributed by atoms with Crippen molar-refractivity contribution in [3.05, 3.63) is 0 Å². The summed E-state index contributed by atoms with van der Waals surface area (Å²) >= 11 is 0. The van der Waals surface area contributed by atoms with E-state index in [9.17, 15) is 0 Å². The summed E-state index contributed by atoms with van der Waals surface area (Å²) in [5, 5.41) is 0. The molecule has 2 nitrogen and oxygen atoms in total. The minimum Gasteiger partial charge on any atom is -0.436 e. The summed E-state index contributed by atoms with van der Waals surface area (Å²) in [6, 6.07) is 0. The van der Waals surface area contributed by atoms with E-state index in [1.165, 1.54) is 64.2 Å². The third kappa shape index (κ3) is 5.80. The van der Waals surface area contributed by atoms with Gasteiger partial charge in [0, 0.05) is 0 Å². The third-order valence-electron chi connectivity index (χ3n) is 6.19. The number of hydrogen-bond donors (Lipinski definition) is 0. The minimum absolute atomic E-state index is 0.853. The largest absolute Gasteiger partial charge is 0.436 e. The van der Waals surface area contributed by atoms with Crippen LogP contribution in [0.3, 0.4) is 0 Å². The van der Waals surface area contributed by atoms with E-state index in [-0.39, 0.29) is 0 Å². The lowest BCUT2D eigenvalue weighted by molar-refractivity contribution is 0.351. The van der Waals surface area contributed by atoms with Crippen molar-refractivity contribution in [3.8, 4) is 0 Å². The zero-order valence-corrected chi connectivity index (χ0v) is 19.5. The van der Waals surface area contributed by atoms with Gasteiger partial charge in [0.1, 0.15) is 0 Å². The molecule has 2 aliphatic carbocycles. The molecule has 0 amide bonds. The van der Waals surface area contributed by atoms with Gasteiger partial charge in [0.2, 0.25) is 0 Å². The molecule has 0 radical (unpaired) electrons. The zero-order valence-electron chi connectivity index (χ0n) is 16.5. The molecule has 136 valence electrons. The topological polar surface area (TPSA) is 18.5 Å². The van der Waals surface area contributed by atoms with Crippen molar-refractivity contribution in [3.63, 3.8) is 0 Å². The van der Waals surface area contributed by atoms with Crippen molar-refractivity contribution < 1.29 is 8.23 Å². The van der Waals surface area contributed by atoms with Crippen molar-refractivity contribution in [2.75, 3.05) is 0 Å². The van der Waals surface area contributed by atoms with Crippen LogP contribution in [0.15, 0.2) is 0 Å². The van der Waals surface area contributed by atoms with Crippen LogP contribution in [-0.4, -0.2) is 25.2 Å². The van der Waals surface area contributed by atoms with Gasteiger partial charge >= 0.3 is 8.56 Å². The van der Waals surface area contributed by atoms with Gasteiger partial charge in [-0.15, -0.1) is 0 Å². The molecule has 0 aromatic heterocycles. The molecular weight excluding hydrogens is 332 g/mol. The maximum atomic E-state index is 6.88. The van der Waals surface area contributed by atoms with Gasteiger partial charge in [0.15, 0.2) is 16.6 Å². The first-order valence-corrected chi connectivity index (χ1v) is 18.8. The Morgan fingerprint density at radius 3 is 1.13 bits per heavy atom. The van der Waals surface area contributed by atoms with Crippen LogP contribution in [0.1, 0.15) is 64.2 Å². The standard InChI is InChI=1S/C18H40O2Si3/c1-21(2,17-13-9-7-10-14-17)19-23(5,6)20-22(3,4)18-15-11-8-12-16-18/h17-18H,7-16H2,1-6H3. The molecule has 2 fully saturated rings.